The van der Waals surface area contributed by atoms with E-state index in [9.17, 15) is 4.79 Å². The highest BCUT2D eigenvalue weighted by atomic mass is 79.9. The lowest BCUT2D eigenvalue weighted by Crippen LogP contribution is -2.20. The number of carbonyl (C=O) groups excluding carboxylic acids is 1. The van der Waals surface area contributed by atoms with E-state index in [0.717, 1.165) is 17.6 Å². The Labute approximate surface area is 103 Å². The summed E-state index contributed by atoms with van der Waals surface area (Å²) in [7, 11) is 0. The Morgan fingerprint density at radius 2 is 2.31 bits per heavy atom. The molecule has 0 heterocycles. The first kappa shape index (κ1) is 13.0. The van der Waals surface area contributed by atoms with Gasteiger partial charge in [0, 0.05) is 12.1 Å². The van der Waals surface area contributed by atoms with Gasteiger partial charge in [0.2, 0.25) is 5.91 Å². The number of halogens is 1. The maximum atomic E-state index is 10.9. The first-order valence-corrected chi connectivity index (χ1v) is 5.87. The maximum absolute atomic E-state index is 10.9. The molecule has 0 aliphatic rings. The quantitative estimate of drug-likeness (QED) is 0.780. The third kappa shape index (κ3) is 3.83. The fraction of sp³-hybridized carbons (Fsp3) is 0.364. The fourth-order valence-electron chi connectivity index (χ4n) is 1.18. The Morgan fingerprint density at radius 1 is 1.56 bits per heavy atom. The van der Waals surface area contributed by atoms with Gasteiger partial charge in [-0.05, 0) is 40.7 Å². The Kier molecular flexibility index (Phi) is 5.28. The molecule has 1 rings (SSSR count). The summed E-state index contributed by atoms with van der Waals surface area (Å²) in [5, 5.41) is 3.15. The zero-order valence-electron chi connectivity index (χ0n) is 9.13. The van der Waals surface area contributed by atoms with Crippen LogP contribution in [0.5, 0.6) is 5.75 Å². The summed E-state index contributed by atoms with van der Waals surface area (Å²) in [5.74, 6) is 0.266. The molecule has 1 aromatic carbocycles. The van der Waals surface area contributed by atoms with E-state index in [0.29, 0.717) is 17.9 Å². The number of primary amides is 1. The van der Waals surface area contributed by atoms with Crippen molar-refractivity contribution in [3.05, 3.63) is 28.2 Å². The van der Waals surface area contributed by atoms with Crippen LogP contribution < -0.4 is 15.8 Å². The van der Waals surface area contributed by atoms with Gasteiger partial charge in [-0.3, -0.25) is 4.79 Å². The average molecular weight is 287 g/mol. The molecule has 0 saturated carbocycles. The molecule has 0 radical (unpaired) electrons. The highest BCUT2D eigenvalue weighted by Crippen LogP contribution is 2.25. The van der Waals surface area contributed by atoms with Crippen LogP contribution in [0.2, 0.25) is 0 Å². The topological polar surface area (TPSA) is 64.3 Å². The van der Waals surface area contributed by atoms with Crippen molar-refractivity contribution in [2.75, 3.05) is 19.7 Å². The Morgan fingerprint density at radius 3 is 2.88 bits per heavy atom. The van der Waals surface area contributed by atoms with E-state index in [1.165, 1.54) is 0 Å². The molecule has 0 atom stereocenters. The third-order valence-electron chi connectivity index (χ3n) is 2.00. The molecule has 4 nitrogen and oxygen atoms in total. The van der Waals surface area contributed by atoms with Crippen molar-refractivity contribution in [3.63, 3.8) is 0 Å². The number of ether oxygens (including phenoxy) is 1. The second kappa shape index (κ2) is 6.50. The van der Waals surface area contributed by atoms with Crippen molar-refractivity contribution in [1.82, 2.24) is 5.32 Å². The van der Waals surface area contributed by atoms with E-state index >= 15 is 0 Å². The monoisotopic (exact) mass is 286 g/mol. The van der Waals surface area contributed by atoms with Crippen LogP contribution in [-0.2, 0) is 0 Å². The number of nitrogens with one attached hydrogen (secondary N) is 1. The minimum Gasteiger partial charge on any atom is -0.491 e. The molecule has 0 bridgehead atoms. The molecule has 0 aliphatic carbocycles. The predicted octanol–water partition coefficient (Wildman–Crippen LogP) is 1.54. The number of amides is 1. The molecule has 16 heavy (non-hydrogen) atoms. The Bertz CT molecular complexity index is 369. The molecule has 0 saturated heterocycles. The van der Waals surface area contributed by atoms with E-state index in [-0.39, 0.29) is 0 Å². The van der Waals surface area contributed by atoms with Gasteiger partial charge in [0.1, 0.15) is 12.4 Å². The van der Waals surface area contributed by atoms with Crippen LogP contribution in [0.4, 0.5) is 0 Å². The van der Waals surface area contributed by atoms with Crippen LogP contribution in [0.3, 0.4) is 0 Å². The van der Waals surface area contributed by atoms with E-state index in [1.54, 1.807) is 18.2 Å². The Hall–Kier alpha value is -1.07. The highest BCUT2D eigenvalue weighted by molar-refractivity contribution is 9.10. The van der Waals surface area contributed by atoms with E-state index in [1.807, 2.05) is 6.92 Å². The lowest BCUT2D eigenvalue weighted by molar-refractivity contribution is 0.1000. The molecule has 0 aromatic heterocycles. The zero-order valence-corrected chi connectivity index (χ0v) is 10.7. The summed E-state index contributed by atoms with van der Waals surface area (Å²) in [6.45, 7) is 4.34. The number of nitrogens with two attached hydrogens (primary N) is 1. The van der Waals surface area contributed by atoms with Crippen LogP contribution in [0.1, 0.15) is 17.3 Å². The summed E-state index contributed by atoms with van der Waals surface area (Å²) in [6, 6.07) is 5.04. The van der Waals surface area contributed by atoms with Crippen molar-refractivity contribution in [3.8, 4) is 5.75 Å². The van der Waals surface area contributed by atoms with Gasteiger partial charge < -0.3 is 15.8 Å². The lowest BCUT2D eigenvalue weighted by atomic mass is 10.2. The number of likely N-dealkylation sites (N-methyl/N-ethyl adjacent to an activating group) is 1. The standard InChI is InChI=1S/C11H15BrN2O2/c1-2-14-5-6-16-10-4-3-8(11(13)15)7-9(10)12/h3-4,7,14H,2,5-6H2,1H3,(H2,13,15). The largest absolute Gasteiger partial charge is 0.491 e. The predicted molar refractivity (Wildman–Crippen MR) is 66.7 cm³/mol. The number of rotatable bonds is 6. The van der Waals surface area contributed by atoms with Crippen LogP contribution >= 0.6 is 15.9 Å². The SMILES string of the molecule is CCNCCOc1ccc(C(N)=O)cc1Br. The molecule has 88 valence electrons. The van der Waals surface area contributed by atoms with Gasteiger partial charge in [-0.25, -0.2) is 0 Å². The van der Waals surface area contributed by atoms with Crippen molar-refractivity contribution in [2.24, 2.45) is 5.73 Å². The van der Waals surface area contributed by atoms with Gasteiger partial charge in [0.05, 0.1) is 4.47 Å². The first-order valence-electron chi connectivity index (χ1n) is 5.08. The van der Waals surface area contributed by atoms with Gasteiger partial charge in [-0.1, -0.05) is 6.92 Å². The summed E-state index contributed by atoms with van der Waals surface area (Å²) >= 11 is 3.33. The fourth-order valence-corrected chi connectivity index (χ4v) is 1.67. The minimum absolute atomic E-state index is 0.445. The van der Waals surface area contributed by atoms with Crippen LogP contribution in [0.15, 0.2) is 22.7 Å². The third-order valence-corrected chi connectivity index (χ3v) is 2.62. The second-order valence-corrected chi connectivity index (χ2v) is 4.07. The summed E-state index contributed by atoms with van der Waals surface area (Å²) < 4.78 is 6.25. The van der Waals surface area contributed by atoms with Crippen LogP contribution in [0.25, 0.3) is 0 Å². The lowest BCUT2D eigenvalue weighted by Gasteiger charge is -2.09. The number of carbonyl (C=O) groups is 1. The zero-order chi connectivity index (χ0) is 12.0. The normalized spacial score (nSPS) is 10.1. The van der Waals surface area contributed by atoms with Gasteiger partial charge in [-0.15, -0.1) is 0 Å². The molecule has 0 unspecified atom stereocenters. The number of benzene rings is 1. The van der Waals surface area contributed by atoms with Gasteiger partial charge in [0.15, 0.2) is 0 Å². The molecule has 1 aromatic rings. The summed E-state index contributed by atoms with van der Waals surface area (Å²) in [6.07, 6.45) is 0. The molecule has 0 aliphatic heterocycles. The van der Waals surface area contributed by atoms with E-state index in [4.69, 9.17) is 10.5 Å². The molecular weight excluding hydrogens is 272 g/mol. The van der Waals surface area contributed by atoms with E-state index < -0.39 is 5.91 Å². The molecule has 1 amide bonds. The summed E-state index contributed by atoms with van der Waals surface area (Å²) in [4.78, 5) is 10.9. The van der Waals surface area contributed by atoms with Crippen LogP contribution in [-0.4, -0.2) is 25.6 Å². The summed E-state index contributed by atoms with van der Waals surface area (Å²) in [5.41, 5.74) is 5.63. The maximum Gasteiger partial charge on any atom is 0.248 e. The highest BCUT2D eigenvalue weighted by Gasteiger charge is 2.05. The molecular formula is C11H15BrN2O2. The number of hydrogen-bond acceptors (Lipinski definition) is 3. The van der Waals surface area contributed by atoms with Gasteiger partial charge >= 0.3 is 0 Å². The van der Waals surface area contributed by atoms with Crippen molar-refractivity contribution in [1.29, 1.82) is 0 Å². The average Bonchev–Trinajstić information content (AvgIpc) is 2.26. The minimum atomic E-state index is -0.445. The van der Waals surface area contributed by atoms with E-state index in [2.05, 4.69) is 21.2 Å². The second-order valence-electron chi connectivity index (χ2n) is 3.21. The molecule has 5 heteroatoms. The van der Waals surface area contributed by atoms with Gasteiger partial charge in [-0.2, -0.15) is 0 Å². The molecule has 0 spiro atoms. The van der Waals surface area contributed by atoms with Crippen molar-refractivity contribution >= 4 is 21.8 Å². The molecule has 3 N–H and O–H groups in total. The van der Waals surface area contributed by atoms with Gasteiger partial charge in [0.25, 0.3) is 0 Å². The van der Waals surface area contributed by atoms with Crippen molar-refractivity contribution < 1.29 is 9.53 Å². The molecule has 0 fully saturated rings. The first-order chi connectivity index (χ1) is 7.65. The smallest absolute Gasteiger partial charge is 0.248 e. The number of hydrogen-bond donors (Lipinski definition) is 2. The van der Waals surface area contributed by atoms with Crippen LogP contribution in [0, 0.1) is 0 Å². The Balaban J connectivity index is 2.57. The van der Waals surface area contributed by atoms with Crippen molar-refractivity contribution in [2.45, 2.75) is 6.92 Å².